The fraction of sp³-hybridized carbons (Fsp3) is 0.222. The molecule has 0 saturated carbocycles. The van der Waals surface area contributed by atoms with E-state index in [2.05, 4.69) is 35.1 Å². The SMILES string of the molecule is CC(C)c1ccc(OCC(=O)Nc2ccccc2C(=O)O)c(Br)c1. The molecule has 0 aliphatic carbocycles. The number of halogens is 1. The molecule has 2 rings (SSSR count). The van der Waals surface area contributed by atoms with Crippen LogP contribution in [0.5, 0.6) is 5.75 Å². The lowest BCUT2D eigenvalue weighted by Crippen LogP contribution is -2.21. The van der Waals surface area contributed by atoms with Crippen LogP contribution in [0.3, 0.4) is 0 Å². The van der Waals surface area contributed by atoms with Crippen molar-refractivity contribution in [1.82, 2.24) is 0 Å². The maximum Gasteiger partial charge on any atom is 0.337 e. The number of amides is 1. The molecule has 0 fully saturated rings. The molecular formula is C18H18BrNO4. The summed E-state index contributed by atoms with van der Waals surface area (Å²) in [5, 5.41) is 11.7. The number of rotatable bonds is 6. The molecule has 0 atom stereocenters. The van der Waals surface area contributed by atoms with Crippen molar-refractivity contribution in [3.63, 3.8) is 0 Å². The number of aromatic carboxylic acids is 1. The zero-order valence-electron chi connectivity index (χ0n) is 13.4. The van der Waals surface area contributed by atoms with Gasteiger partial charge in [-0.25, -0.2) is 4.79 Å². The third-order valence-electron chi connectivity index (χ3n) is 3.41. The van der Waals surface area contributed by atoms with Crippen LogP contribution in [0, 0.1) is 0 Å². The van der Waals surface area contributed by atoms with Crippen LogP contribution in [0.15, 0.2) is 46.9 Å². The Hall–Kier alpha value is -2.34. The van der Waals surface area contributed by atoms with E-state index in [1.807, 2.05) is 12.1 Å². The van der Waals surface area contributed by atoms with Gasteiger partial charge in [0.2, 0.25) is 0 Å². The van der Waals surface area contributed by atoms with Gasteiger partial charge in [-0.3, -0.25) is 4.79 Å². The van der Waals surface area contributed by atoms with E-state index >= 15 is 0 Å². The highest BCUT2D eigenvalue weighted by Gasteiger charge is 2.13. The van der Waals surface area contributed by atoms with Crippen LogP contribution in [-0.4, -0.2) is 23.6 Å². The standard InChI is InChI=1S/C18H18BrNO4/c1-11(2)12-7-8-16(14(19)9-12)24-10-17(21)20-15-6-4-3-5-13(15)18(22)23/h3-9,11H,10H2,1-2H3,(H,20,21)(H,22,23). The summed E-state index contributed by atoms with van der Waals surface area (Å²) < 4.78 is 6.27. The molecule has 0 aliphatic heterocycles. The Morgan fingerprint density at radius 2 is 1.92 bits per heavy atom. The Bertz CT molecular complexity index is 758. The van der Waals surface area contributed by atoms with Crippen LogP contribution in [0.2, 0.25) is 0 Å². The average molecular weight is 392 g/mol. The van der Waals surface area contributed by atoms with Gasteiger partial charge in [-0.15, -0.1) is 0 Å². The van der Waals surface area contributed by atoms with Crippen molar-refractivity contribution in [2.45, 2.75) is 19.8 Å². The molecule has 6 heteroatoms. The van der Waals surface area contributed by atoms with Crippen molar-refractivity contribution in [2.24, 2.45) is 0 Å². The molecule has 2 aromatic rings. The van der Waals surface area contributed by atoms with E-state index in [-0.39, 0.29) is 17.9 Å². The fourth-order valence-corrected chi connectivity index (χ4v) is 2.61. The summed E-state index contributed by atoms with van der Waals surface area (Å²) in [7, 11) is 0. The van der Waals surface area contributed by atoms with E-state index in [4.69, 9.17) is 9.84 Å². The number of benzene rings is 2. The van der Waals surface area contributed by atoms with Crippen molar-refractivity contribution in [3.8, 4) is 5.75 Å². The summed E-state index contributed by atoms with van der Waals surface area (Å²) in [6.07, 6.45) is 0. The summed E-state index contributed by atoms with van der Waals surface area (Å²) in [6, 6.07) is 11.9. The van der Waals surface area contributed by atoms with Crippen molar-refractivity contribution in [2.75, 3.05) is 11.9 Å². The number of hydrogen-bond acceptors (Lipinski definition) is 3. The number of nitrogens with one attached hydrogen (secondary N) is 1. The summed E-state index contributed by atoms with van der Waals surface area (Å²) in [4.78, 5) is 23.1. The Labute approximate surface area is 148 Å². The Balaban J connectivity index is 2.00. The molecule has 0 bridgehead atoms. The molecule has 0 aromatic heterocycles. The van der Waals surface area contributed by atoms with Gasteiger partial charge >= 0.3 is 5.97 Å². The Morgan fingerprint density at radius 1 is 1.21 bits per heavy atom. The third kappa shape index (κ3) is 4.58. The fourth-order valence-electron chi connectivity index (χ4n) is 2.10. The molecule has 2 aromatic carbocycles. The zero-order chi connectivity index (χ0) is 17.7. The predicted octanol–water partition coefficient (Wildman–Crippen LogP) is 4.29. The van der Waals surface area contributed by atoms with Crippen molar-refractivity contribution >= 4 is 33.5 Å². The first-order valence-electron chi connectivity index (χ1n) is 7.43. The van der Waals surface area contributed by atoms with Gasteiger partial charge in [-0.1, -0.05) is 32.0 Å². The van der Waals surface area contributed by atoms with E-state index in [0.717, 1.165) is 10.0 Å². The zero-order valence-corrected chi connectivity index (χ0v) is 15.0. The molecule has 2 N–H and O–H groups in total. The molecule has 0 aliphatic rings. The lowest BCUT2D eigenvalue weighted by molar-refractivity contribution is -0.118. The number of para-hydroxylation sites is 1. The van der Waals surface area contributed by atoms with Gasteiger partial charge < -0.3 is 15.2 Å². The number of anilines is 1. The van der Waals surface area contributed by atoms with Gasteiger partial charge in [0.25, 0.3) is 5.91 Å². The molecule has 1 amide bonds. The van der Waals surface area contributed by atoms with E-state index in [0.29, 0.717) is 11.7 Å². The maximum absolute atomic E-state index is 12.0. The van der Waals surface area contributed by atoms with Crippen LogP contribution in [0.25, 0.3) is 0 Å². The van der Waals surface area contributed by atoms with Crippen LogP contribution >= 0.6 is 15.9 Å². The molecule has 24 heavy (non-hydrogen) atoms. The second-order valence-corrected chi connectivity index (χ2v) is 6.39. The summed E-state index contributed by atoms with van der Waals surface area (Å²) in [5.41, 5.74) is 1.44. The van der Waals surface area contributed by atoms with E-state index < -0.39 is 11.9 Å². The van der Waals surface area contributed by atoms with Gasteiger partial charge in [0.05, 0.1) is 15.7 Å². The smallest absolute Gasteiger partial charge is 0.337 e. The predicted molar refractivity (Wildman–Crippen MR) is 95.8 cm³/mol. The molecule has 0 unspecified atom stereocenters. The van der Waals surface area contributed by atoms with Gasteiger partial charge in [-0.2, -0.15) is 0 Å². The van der Waals surface area contributed by atoms with Crippen molar-refractivity contribution in [3.05, 3.63) is 58.1 Å². The molecule has 0 radical (unpaired) electrons. The molecule has 126 valence electrons. The van der Waals surface area contributed by atoms with Gasteiger partial charge in [0.1, 0.15) is 5.75 Å². The summed E-state index contributed by atoms with van der Waals surface area (Å²) in [6.45, 7) is 3.97. The molecule has 0 spiro atoms. The van der Waals surface area contributed by atoms with Gasteiger partial charge in [0.15, 0.2) is 6.61 Å². The molecule has 0 saturated heterocycles. The summed E-state index contributed by atoms with van der Waals surface area (Å²) in [5.74, 6) is -0.574. The minimum atomic E-state index is -1.10. The highest BCUT2D eigenvalue weighted by Crippen LogP contribution is 2.28. The minimum Gasteiger partial charge on any atom is -0.483 e. The van der Waals surface area contributed by atoms with Crippen molar-refractivity contribution in [1.29, 1.82) is 0 Å². The molecular weight excluding hydrogens is 374 g/mol. The van der Waals surface area contributed by atoms with Gasteiger partial charge in [-0.05, 0) is 51.7 Å². The number of carbonyl (C=O) groups excluding carboxylic acids is 1. The third-order valence-corrected chi connectivity index (χ3v) is 4.03. The second-order valence-electron chi connectivity index (χ2n) is 5.53. The first-order chi connectivity index (χ1) is 11.4. The maximum atomic E-state index is 12.0. The van der Waals surface area contributed by atoms with Crippen LogP contribution < -0.4 is 10.1 Å². The Kier molecular flexibility index (Phi) is 5.98. The average Bonchev–Trinajstić information content (AvgIpc) is 2.53. The monoisotopic (exact) mass is 391 g/mol. The van der Waals surface area contributed by atoms with Crippen LogP contribution in [-0.2, 0) is 4.79 Å². The van der Waals surface area contributed by atoms with E-state index in [1.165, 1.54) is 12.1 Å². The van der Waals surface area contributed by atoms with Crippen molar-refractivity contribution < 1.29 is 19.4 Å². The highest BCUT2D eigenvalue weighted by atomic mass is 79.9. The highest BCUT2D eigenvalue weighted by molar-refractivity contribution is 9.10. The number of carboxylic acid groups (broad SMARTS) is 1. The quantitative estimate of drug-likeness (QED) is 0.769. The lowest BCUT2D eigenvalue weighted by atomic mass is 10.0. The number of ether oxygens (including phenoxy) is 1. The normalized spacial score (nSPS) is 10.5. The Morgan fingerprint density at radius 3 is 2.54 bits per heavy atom. The van der Waals surface area contributed by atoms with Crippen LogP contribution in [0.1, 0.15) is 35.7 Å². The minimum absolute atomic E-state index is 0.0355. The van der Waals surface area contributed by atoms with E-state index in [9.17, 15) is 9.59 Å². The van der Waals surface area contributed by atoms with Crippen LogP contribution in [0.4, 0.5) is 5.69 Å². The largest absolute Gasteiger partial charge is 0.483 e. The topological polar surface area (TPSA) is 75.6 Å². The van der Waals surface area contributed by atoms with E-state index in [1.54, 1.807) is 18.2 Å². The molecule has 0 heterocycles. The first kappa shape index (κ1) is 18.0. The second kappa shape index (κ2) is 7.97. The summed E-state index contributed by atoms with van der Waals surface area (Å²) >= 11 is 3.43. The molecule has 5 nitrogen and oxygen atoms in total. The number of carboxylic acids is 1. The number of carbonyl (C=O) groups is 2. The first-order valence-corrected chi connectivity index (χ1v) is 8.22. The number of hydrogen-bond donors (Lipinski definition) is 2. The van der Waals surface area contributed by atoms with Gasteiger partial charge in [0, 0.05) is 0 Å². The lowest BCUT2D eigenvalue weighted by Gasteiger charge is -2.12.